The van der Waals surface area contributed by atoms with Gasteiger partial charge in [0.25, 0.3) is 0 Å². The second-order valence-corrected chi connectivity index (χ2v) is 6.85. The van der Waals surface area contributed by atoms with E-state index in [4.69, 9.17) is 5.11 Å². The number of aromatic nitrogens is 2. The number of carboxylic acid groups (broad SMARTS) is 1. The lowest BCUT2D eigenvalue weighted by molar-refractivity contribution is -0.143. The van der Waals surface area contributed by atoms with Gasteiger partial charge in [-0.3, -0.25) is 9.48 Å². The van der Waals surface area contributed by atoms with Crippen molar-refractivity contribution < 1.29 is 14.7 Å². The van der Waals surface area contributed by atoms with E-state index in [1.807, 2.05) is 18.5 Å². The van der Waals surface area contributed by atoms with Crippen LogP contribution >= 0.6 is 0 Å². The average molecular weight is 323 g/mol. The van der Waals surface area contributed by atoms with Gasteiger partial charge in [-0.2, -0.15) is 5.10 Å². The fourth-order valence-corrected chi connectivity index (χ4v) is 2.62. The summed E-state index contributed by atoms with van der Waals surface area (Å²) >= 11 is 0. The van der Waals surface area contributed by atoms with Crippen molar-refractivity contribution in [2.45, 2.75) is 67.0 Å². The Bertz CT molecular complexity index is 562. The summed E-state index contributed by atoms with van der Waals surface area (Å²) in [6, 6.07) is -0.839. The zero-order chi connectivity index (χ0) is 17.7. The number of amides is 1. The molecule has 0 saturated heterocycles. The Kier molecular flexibility index (Phi) is 6.79. The van der Waals surface area contributed by atoms with Crippen LogP contribution in [0.25, 0.3) is 0 Å². The predicted octanol–water partition coefficient (Wildman–Crippen LogP) is 2.31. The van der Waals surface area contributed by atoms with Gasteiger partial charge in [0.15, 0.2) is 0 Å². The SMILES string of the molecule is Cc1nn(CC(C)C)c(C)c1CCC(=O)N[C@@H](C(=O)O)C(C)C. The Balaban J connectivity index is 2.69. The molecule has 0 aliphatic rings. The number of aliphatic carboxylic acids is 1. The van der Waals surface area contributed by atoms with E-state index in [1.165, 1.54) is 0 Å². The number of rotatable bonds is 8. The molecule has 130 valence electrons. The van der Waals surface area contributed by atoms with Gasteiger partial charge >= 0.3 is 5.97 Å². The van der Waals surface area contributed by atoms with Crippen LogP contribution in [0.1, 0.15) is 51.1 Å². The van der Waals surface area contributed by atoms with Gasteiger partial charge in [-0.15, -0.1) is 0 Å². The molecular weight excluding hydrogens is 294 g/mol. The van der Waals surface area contributed by atoms with Crippen LogP contribution < -0.4 is 5.32 Å². The van der Waals surface area contributed by atoms with E-state index in [2.05, 4.69) is 24.3 Å². The minimum Gasteiger partial charge on any atom is -0.480 e. The molecule has 0 saturated carbocycles. The van der Waals surface area contributed by atoms with Crippen molar-refractivity contribution in [2.24, 2.45) is 11.8 Å². The Morgan fingerprint density at radius 1 is 1.22 bits per heavy atom. The van der Waals surface area contributed by atoms with Gasteiger partial charge in [0.2, 0.25) is 5.91 Å². The molecule has 0 radical (unpaired) electrons. The minimum atomic E-state index is -0.995. The molecular formula is C17H29N3O3. The van der Waals surface area contributed by atoms with Crippen LogP contribution in [0, 0.1) is 25.7 Å². The molecule has 1 aromatic rings. The molecule has 0 spiro atoms. The largest absolute Gasteiger partial charge is 0.480 e. The monoisotopic (exact) mass is 323 g/mol. The van der Waals surface area contributed by atoms with E-state index in [9.17, 15) is 9.59 Å². The molecule has 6 heteroatoms. The van der Waals surface area contributed by atoms with Crippen molar-refractivity contribution >= 4 is 11.9 Å². The molecule has 1 aromatic heterocycles. The third kappa shape index (κ3) is 5.37. The number of hydrogen-bond acceptors (Lipinski definition) is 3. The second kappa shape index (κ2) is 8.13. The molecule has 1 atom stereocenters. The molecule has 0 bridgehead atoms. The van der Waals surface area contributed by atoms with Crippen molar-refractivity contribution in [3.05, 3.63) is 17.0 Å². The molecule has 1 amide bonds. The fraction of sp³-hybridized carbons (Fsp3) is 0.706. The normalized spacial score (nSPS) is 12.7. The van der Waals surface area contributed by atoms with E-state index < -0.39 is 12.0 Å². The van der Waals surface area contributed by atoms with Crippen LogP contribution in [0.15, 0.2) is 0 Å². The molecule has 2 N–H and O–H groups in total. The van der Waals surface area contributed by atoms with Gasteiger partial charge < -0.3 is 10.4 Å². The third-order valence-electron chi connectivity index (χ3n) is 3.92. The maximum Gasteiger partial charge on any atom is 0.326 e. The highest BCUT2D eigenvalue weighted by atomic mass is 16.4. The molecule has 1 rings (SSSR count). The van der Waals surface area contributed by atoms with Crippen molar-refractivity contribution in [2.75, 3.05) is 0 Å². The molecule has 0 unspecified atom stereocenters. The molecule has 0 fully saturated rings. The van der Waals surface area contributed by atoms with Gasteiger partial charge in [0, 0.05) is 18.7 Å². The fourth-order valence-electron chi connectivity index (χ4n) is 2.62. The number of carboxylic acids is 1. The van der Waals surface area contributed by atoms with Crippen LogP contribution in [0.3, 0.4) is 0 Å². The van der Waals surface area contributed by atoms with Crippen LogP contribution in [0.2, 0.25) is 0 Å². The molecule has 23 heavy (non-hydrogen) atoms. The zero-order valence-electron chi connectivity index (χ0n) is 15.0. The number of aryl methyl sites for hydroxylation is 1. The zero-order valence-corrected chi connectivity index (χ0v) is 15.0. The van der Waals surface area contributed by atoms with E-state index in [1.54, 1.807) is 13.8 Å². The van der Waals surface area contributed by atoms with E-state index in [-0.39, 0.29) is 18.2 Å². The molecule has 0 aliphatic carbocycles. The van der Waals surface area contributed by atoms with Crippen molar-refractivity contribution in [3.63, 3.8) is 0 Å². The number of hydrogen-bond donors (Lipinski definition) is 2. The highest BCUT2D eigenvalue weighted by Crippen LogP contribution is 2.16. The summed E-state index contributed by atoms with van der Waals surface area (Å²) in [5.74, 6) is -0.868. The van der Waals surface area contributed by atoms with Crippen molar-refractivity contribution in [3.8, 4) is 0 Å². The van der Waals surface area contributed by atoms with Gasteiger partial charge in [-0.1, -0.05) is 27.7 Å². The first-order valence-electron chi connectivity index (χ1n) is 8.18. The van der Waals surface area contributed by atoms with Gasteiger partial charge in [-0.25, -0.2) is 4.79 Å². The topological polar surface area (TPSA) is 84.2 Å². The number of nitrogens with one attached hydrogen (secondary N) is 1. The molecule has 6 nitrogen and oxygen atoms in total. The highest BCUT2D eigenvalue weighted by molar-refractivity contribution is 5.83. The summed E-state index contributed by atoms with van der Waals surface area (Å²) in [7, 11) is 0. The molecule has 1 heterocycles. The van der Waals surface area contributed by atoms with Crippen molar-refractivity contribution in [1.82, 2.24) is 15.1 Å². The number of carbonyl (C=O) groups excluding carboxylic acids is 1. The lowest BCUT2D eigenvalue weighted by atomic mass is 10.0. The maximum atomic E-state index is 12.0. The van der Waals surface area contributed by atoms with E-state index >= 15 is 0 Å². The number of carbonyl (C=O) groups is 2. The third-order valence-corrected chi connectivity index (χ3v) is 3.92. The second-order valence-electron chi connectivity index (χ2n) is 6.85. The summed E-state index contributed by atoms with van der Waals surface area (Å²) in [5, 5.41) is 16.3. The maximum absolute atomic E-state index is 12.0. The summed E-state index contributed by atoms with van der Waals surface area (Å²) in [5.41, 5.74) is 3.11. The Morgan fingerprint density at radius 2 is 1.83 bits per heavy atom. The molecule has 0 aliphatic heterocycles. The van der Waals surface area contributed by atoms with E-state index in [0.29, 0.717) is 12.3 Å². The molecule has 0 aromatic carbocycles. The Labute approximate surface area is 138 Å². The lowest BCUT2D eigenvalue weighted by Gasteiger charge is -2.17. The number of nitrogens with zero attached hydrogens (tertiary/aromatic N) is 2. The van der Waals surface area contributed by atoms with Crippen LogP contribution in [-0.4, -0.2) is 32.8 Å². The summed E-state index contributed by atoms with van der Waals surface area (Å²) in [6.07, 6.45) is 0.845. The van der Waals surface area contributed by atoms with Gasteiger partial charge in [0.05, 0.1) is 5.69 Å². The Hall–Kier alpha value is -1.85. The summed E-state index contributed by atoms with van der Waals surface area (Å²) in [4.78, 5) is 23.2. The summed E-state index contributed by atoms with van der Waals surface area (Å²) < 4.78 is 1.99. The van der Waals surface area contributed by atoms with Crippen LogP contribution in [0.4, 0.5) is 0 Å². The first-order valence-corrected chi connectivity index (χ1v) is 8.18. The van der Waals surface area contributed by atoms with Crippen molar-refractivity contribution in [1.29, 1.82) is 0 Å². The predicted molar refractivity (Wildman–Crippen MR) is 89.3 cm³/mol. The Morgan fingerprint density at radius 3 is 2.30 bits per heavy atom. The van der Waals surface area contributed by atoms with Gasteiger partial charge in [0.1, 0.15) is 6.04 Å². The van der Waals surface area contributed by atoms with Crippen LogP contribution in [-0.2, 0) is 22.6 Å². The van der Waals surface area contributed by atoms with Crippen LogP contribution in [0.5, 0.6) is 0 Å². The minimum absolute atomic E-state index is 0.145. The first kappa shape index (κ1) is 19.2. The lowest BCUT2D eigenvalue weighted by Crippen LogP contribution is -2.44. The highest BCUT2D eigenvalue weighted by Gasteiger charge is 2.23. The quantitative estimate of drug-likeness (QED) is 0.769. The standard InChI is InChI=1S/C17H29N3O3/c1-10(2)9-20-13(6)14(12(5)19-20)7-8-15(21)18-16(11(3)4)17(22)23/h10-11,16H,7-9H2,1-6H3,(H,18,21)(H,22,23)/t16-/m1/s1. The smallest absolute Gasteiger partial charge is 0.326 e. The average Bonchev–Trinajstić information content (AvgIpc) is 2.67. The first-order chi connectivity index (χ1) is 10.6. The van der Waals surface area contributed by atoms with Gasteiger partial charge in [-0.05, 0) is 37.7 Å². The van der Waals surface area contributed by atoms with E-state index in [0.717, 1.165) is 23.5 Å². The summed E-state index contributed by atoms with van der Waals surface area (Å²) in [6.45, 7) is 12.7.